The lowest BCUT2D eigenvalue weighted by Gasteiger charge is -2.05. The number of amides is 1. The SMILES string of the molecule is Cn1nnnc1-c1cccc(NC(=O)c2csc(-c3cccs3)n2)c1. The van der Waals surface area contributed by atoms with E-state index in [1.165, 1.54) is 11.3 Å². The van der Waals surface area contributed by atoms with Gasteiger partial charge in [-0.25, -0.2) is 9.67 Å². The number of tetrazole rings is 1. The van der Waals surface area contributed by atoms with Crippen LogP contribution in [0.1, 0.15) is 10.5 Å². The average Bonchev–Trinajstić information content (AvgIpc) is 3.36. The third-order valence-electron chi connectivity index (χ3n) is 3.47. The summed E-state index contributed by atoms with van der Waals surface area (Å²) < 4.78 is 1.58. The van der Waals surface area contributed by atoms with Crippen LogP contribution < -0.4 is 5.32 Å². The number of carbonyl (C=O) groups excluding carboxylic acids is 1. The lowest BCUT2D eigenvalue weighted by atomic mass is 10.2. The molecular weight excluding hydrogens is 356 g/mol. The molecule has 1 amide bonds. The fourth-order valence-electron chi connectivity index (χ4n) is 2.30. The molecule has 0 spiro atoms. The number of nitrogens with zero attached hydrogens (tertiary/aromatic N) is 5. The van der Waals surface area contributed by atoms with Gasteiger partial charge in [-0.05, 0) is 34.0 Å². The van der Waals surface area contributed by atoms with Crippen LogP contribution in [0.5, 0.6) is 0 Å². The van der Waals surface area contributed by atoms with Gasteiger partial charge in [-0.1, -0.05) is 18.2 Å². The third kappa shape index (κ3) is 3.19. The zero-order valence-corrected chi connectivity index (χ0v) is 14.7. The number of anilines is 1. The molecule has 9 heteroatoms. The number of aromatic nitrogens is 5. The summed E-state index contributed by atoms with van der Waals surface area (Å²) in [5, 5.41) is 18.9. The average molecular weight is 368 g/mol. The standard InChI is InChI=1S/C16H12N6OS2/c1-22-14(19-20-21-22)10-4-2-5-11(8-10)17-15(23)12-9-25-16(18-12)13-6-3-7-24-13/h2-9H,1H3,(H,17,23). The van der Waals surface area contributed by atoms with E-state index in [1.54, 1.807) is 28.4 Å². The maximum Gasteiger partial charge on any atom is 0.275 e. The van der Waals surface area contributed by atoms with Gasteiger partial charge in [-0.15, -0.1) is 27.8 Å². The van der Waals surface area contributed by atoms with Gasteiger partial charge >= 0.3 is 0 Å². The number of benzene rings is 1. The molecule has 0 saturated carbocycles. The van der Waals surface area contributed by atoms with Crippen molar-refractivity contribution in [3.63, 3.8) is 0 Å². The van der Waals surface area contributed by atoms with Gasteiger partial charge in [0, 0.05) is 23.7 Å². The van der Waals surface area contributed by atoms with Crippen LogP contribution in [-0.4, -0.2) is 31.1 Å². The van der Waals surface area contributed by atoms with Gasteiger partial charge in [0.05, 0.1) is 4.88 Å². The van der Waals surface area contributed by atoms with Gasteiger partial charge in [0.25, 0.3) is 5.91 Å². The molecule has 0 unspecified atom stereocenters. The summed E-state index contributed by atoms with van der Waals surface area (Å²) in [6, 6.07) is 11.3. The molecule has 7 nitrogen and oxygen atoms in total. The molecule has 0 atom stereocenters. The summed E-state index contributed by atoms with van der Waals surface area (Å²) in [5.74, 6) is 0.386. The molecule has 25 heavy (non-hydrogen) atoms. The van der Waals surface area contributed by atoms with Crippen LogP contribution in [0.15, 0.2) is 47.2 Å². The van der Waals surface area contributed by atoms with Gasteiger partial charge < -0.3 is 5.32 Å². The molecule has 0 aliphatic carbocycles. The first kappa shape index (κ1) is 15.6. The van der Waals surface area contributed by atoms with E-state index in [0.717, 1.165) is 15.4 Å². The maximum atomic E-state index is 12.5. The first-order valence-corrected chi connectivity index (χ1v) is 9.10. The van der Waals surface area contributed by atoms with Crippen molar-refractivity contribution in [2.75, 3.05) is 5.32 Å². The molecular formula is C16H12N6OS2. The van der Waals surface area contributed by atoms with Gasteiger partial charge in [-0.3, -0.25) is 4.79 Å². The van der Waals surface area contributed by atoms with Gasteiger partial charge in [-0.2, -0.15) is 0 Å². The van der Waals surface area contributed by atoms with E-state index < -0.39 is 0 Å². The maximum absolute atomic E-state index is 12.5. The molecule has 1 aromatic carbocycles. The highest BCUT2D eigenvalue weighted by Gasteiger charge is 2.13. The zero-order chi connectivity index (χ0) is 17.2. The molecule has 0 bridgehead atoms. The number of thiazole rings is 1. The minimum atomic E-state index is -0.243. The highest BCUT2D eigenvalue weighted by Crippen LogP contribution is 2.28. The van der Waals surface area contributed by atoms with Crippen molar-refractivity contribution < 1.29 is 4.79 Å². The summed E-state index contributed by atoms with van der Waals surface area (Å²) in [6.07, 6.45) is 0. The number of rotatable bonds is 4. The highest BCUT2D eigenvalue weighted by molar-refractivity contribution is 7.20. The van der Waals surface area contributed by atoms with Crippen molar-refractivity contribution >= 4 is 34.3 Å². The first-order valence-electron chi connectivity index (χ1n) is 7.34. The summed E-state index contributed by atoms with van der Waals surface area (Å²) in [7, 11) is 1.77. The number of hydrogen-bond donors (Lipinski definition) is 1. The number of thiophene rings is 1. The van der Waals surface area contributed by atoms with Crippen LogP contribution in [0.2, 0.25) is 0 Å². The molecule has 4 aromatic rings. The van der Waals surface area contributed by atoms with Crippen LogP contribution in [-0.2, 0) is 7.05 Å². The molecule has 0 saturated heterocycles. The lowest BCUT2D eigenvalue weighted by molar-refractivity contribution is 0.102. The van der Waals surface area contributed by atoms with E-state index >= 15 is 0 Å². The van der Waals surface area contributed by atoms with Crippen LogP contribution >= 0.6 is 22.7 Å². The van der Waals surface area contributed by atoms with Crippen molar-refractivity contribution in [2.24, 2.45) is 7.05 Å². The van der Waals surface area contributed by atoms with Crippen molar-refractivity contribution in [1.82, 2.24) is 25.2 Å². The molecule has 3 aromatic heterocycles. The fraction of sp³-hybridized carbons (Fsp3) is 0.0625. The number of carbonyl (C=O) groups is 1. The molecule has 0 aliphatic rings. The first-order chi connectivity index (χ1) is 12.2. The Morgan fingerprint density at radius 2 is 2.12 bits per heavy atom. The Kier molecular flexibility index (Phi) is 4.08. The number of aryl methyl sites for hydroxylation is 1. The molecule has 4 rings (SSSR count). The molecule has 3 heterocycles. The van der Waals surface area contributed by atoms with E-state index in [2.05, 4.69) is 25.8 Å². The Hall–Kier alpha value is -2.91. The summed E-state index contributed by atoms with van der Waals surface area (Å²) in [5.41, 5.74) is 1.89. The highest BCUT2D eigenvalue weighted by atomic mass is 32.1. The molecule has 0 aliphatic heterocycles. The largest absolute Gasteiger partial charge is 0.321 e. The Labute approximate surface area is 151 Å². The molecule has 0 fully saturated rings. The van der Waals surface area contributed by atoms with Crippen LogP contribution in [0.3, 0.4) is 0 Å². The van der Waals surface area contributed by atoms with Gasteiger partial charge in [0.1, 0.15) is 10.7 Å². The Bertz CT molecular complexity index is 1020. The lowest BCUT2D eigenvalue weighted by Crippen LogP contribution is -2.12. The molecule has 1 N–H and O–H groups in total. The normalized spacial score (nSPS) is 10.8. The second-order valence-electron chi connectivity index (χ2n) is 5.18. The Morgan fingerprint density at radius 1 is 1.20 bits per heavy atom. The third-order valence-corrected chi connectivity index (χ3v) is 5.35. The van der Waals surface area contributed by atoms with Crippen LogP contribution in [0.4, 0.5) is 5.69 Å². The summed E-state index contributed by atoms with van der Waals surface area (Å²) in [4.78, 5) is 17.9. The van der Waals surface area contributed by atoms with Crippen molar-refractivity contribution in [3.05, 3.63) is 52.9 Å². The predicted octanol–water partition coefficient (Wildman–Crippen LogP) is 3.31. The summed E-state index contributed by atoms with van der Waals surface area (Å²) >= 11 is 3.06. The number of hydrogen-bond acceptors (Lipinski definition) is 7. The van der Waals surface area contributed by atoms with E-state index in [9.17, 15) is 4.79 Å². The smallest absolute Gasteiger partial charge is 0.275 e. The predicted molar refractivity (Wildman–Crippen MR) is 97.6 cm³/mol. The number of nitrogens with one attached hydrogen (secondary N) is 1. The molecule has 124 valence electrons. The zero-order valence-electron chi connectivity index (χ0n) is 13.1. The van der Waals surface area contributed by atoms with Crippen molar-refractivity contribution in [2.45, 2.75) is 0 Å². The Morgan fingerprint density at radius 3 is 2.88 bits per heavy atom. The van der Waals surface area contributed by atoms with E-state index in [-0.39, 0.29) is 5.91 Å². The summed E-state index contributed by atoms with van der Waals surface area (Å²) in [6.45, 7) is 0. The Balaban J connectivity index is 1.54. The fourth-order valence-corrected chi connectivity index (χ4v) is 3.91. The van der Waals surface area contributed by atoms with Gasteiger partial charge in [0.2, 0.25) is 0 Å². The van der Waals surface area contributed by atoms with Crippen LogP contribution in [0.25, 0.3) is 21.3 Å². The minimum Gasteiger partial charge on any atom is -0.321 e. The van der Waals surface area contributed by atoms with E-state index in [0.29, 0.717) is 17.2 Å². The second-order valence-corrected chi connectivity index (χ2v) is 6.98. The van der Waals surface area contributed by atoms with E-state index in [1.807, 2.05) is 41.8 Å². The monoisotopic (exact) mass is 368 g/mol. The van der Waals surface area contributed by atoms with Crippen molar-refractivity contribution in [3.8, 4) is 21.3 Å². The van der Waals surface area contributed by atoms with E-state index in [4.69, 9.17) is 0 Å². The van der Waals surface area contributed by atoms with Crippen LogP contribution in [0, 0.1) is 0 Å². The quantitative estimate of drug-likeness (QED) is 0.597. The topological polar surface area (TPSA) is 85.6 Å². The minimum absolute atomic E-state index is 0.243. The molecule has 0 radical (unpaired) electrons. The van der Waals surface area contributed by atoms with Crippen molar-refractivity contribution in [1.29, 1.82) is 0 Å². The van der Waals surface area contributed by atoms with Gasteiger partial charge in [0.15, 0.2) is 5.82 Å². The second kappa shape index (κ2) is 6.54.